The zero-order chi connectivity index (χ0) is 24.5. The van der Waals surface area contributed by atoms with Crippen LogP contribution in [0.1, 0.15) is 13.3 Å². The molecular formula is C19H20ClF6NO5. The number of rotatable bonds is 10. The molecule has 0 spiro atoms. The fourth-order valence-corrected chi connectivity index (χ4v) is 2.59. The van der Waals surface area contributed by atoms with Crippen molar-refractivity contribution in [1.82, 2.24) is 5.32 Å². The van der Waals surface area contributed by atoms with Gasteiger partial charge in [0.15, 0.2) is 5.92 Å². The predicted octanol–water partition coefficient (Wildman–Crippen LogP) is 4.43. The van der Waals surface area contributed by atoms with Gasteiger partial charge >= 0.3 is 24.3 Å². The van der Waals surface area contributed by atoms with Crippen molar-refractivity contribution in [3.63, 3.8) is 0 Å². The molecule has 1 atom stereocenters. The first-order valence-corrected chi connectivity index (χ1v) is 9.41. The molecule has 13 heteroatoms. The summed E-state index contributed by atoms with van der Waals surface area (Å²) in [6.45, 7) is 0.887. The molecule has 0 aliphatic carbocycles. The van der Waals surface area contributed by atoms with Crippen molar-refractivity contribution < 1.29 is 50.1 Å². The topological polar surface area (TPSA) is 73.9 Å². The average Bonchev–Trinajstić information content (AvgIpc) is 2.67. The van der Waals surface area contributed by atoms with Gasteiger partial charge in [-0.15, -0.1) is 0 Å². The molecule has 1 N–H and O–H groups in total. The van der Waals surface area contributed by atoms with Gasteiger partial charge in [0, 0.05) is 0 Å². The molecule has 1 aromatic rings. The van der Waals surface area contributed by atoms with Gasteiger partial charge in [0.2, 0.25) is 0 Å². The Morgan fingerprint density at radius 2 is 1.72 bits per heavy atom. The van der Waals surface area contributed by atoms with Crippen molar-refractivity contribution in [2.45, 2.75) is 31.7 Å². The number of hydrogen-bond acceptors (Lipinski definition) is 6. The molecule has 0 radical (unpaired) electrons. The number of benzene rings is 1. The maximum absolute atomic E-state index is 12.9. The van der Waals surface area contributed by atoms with Gasteiger partial charge in [0.05, 0.1) is 31.4 Å². The zero-order valence-corrected chi connectivity index (χ0v) is 17.6. The summed E-state index contributed by atoms with van der Waals surface area (Å²) in [6, 6.07) is 3.94. The fourth-order valence-electron chi connectivity index (χ4n) is 2.42. The van der Waals surface area contributed by atoms with E-state index < -0.39 is 49.2 Å². The van der Waals surface area contributed by atoms with Crippen LogP contribution in [0, 0.1) is 5.92 Å². The third-order valence-corrected chi connectivity index (χ3v) is 4.23. The standard InChI is InChI=1S/C19H20ClF6NO5/c1-3-31-16(28)8-11(32-14-7-5-4-6-12(14)20)10-27-13(17(29)30-2)9-15(18(21,22)23)19(24,25)26/h4-8,13,15,27H,3,9-10H2,1-2H3/b11-8-. The highest BCUT2D eigenvalue weighted by molar-refractivity contribution is 6.32. The second-order valence-electron chi connectivity index (χ2n) is 6.22. The highest BCUT2D eigenvalue weighted by Gasteiger charge is 2.57. The molecule has 0 bridgehead atoms. The van der Waals surface area contributed by atoms with Gasteiger partial charge in [0.1, 0.15) is 17.6 Å². The summed E-state index contributed by atoms with van der Waals surface area (Å²) < 4.78 is 92.0. The van der Waals surface area contributed by atoms with Gasteiger partial charge in [-0.1, -0.05) is 23.7 Å². The van der Waals surface area contributed by atoms with Gasteiger partial charge in [-0.25, -0.2) is 4.79 Å². The number of para-hydroxylation sites is 1. The Hall–Kier alpha value is -2.47. The van der Waals surface area contributed by atoms with E-state index in [0.717, 1.165) is 13.2 Å². The largest absolute Gasteiger partial charge is 0.468 e. The molecule has 6 nitrogen and oxygen atoms in total. The van der Waals surface area contributed by atoms with Crippen LogP contribution in [0.15, 0.2) is 36.1 Å². The molecule has 0 saturated heterocycles. The minimum atomic E-state index is -5.65. The molecule has 0 aliphatic heterocycles. The number of carbonyl (C=O) groups is 2. The lowest BCUT2D eigenvalue weighted by atomic mass is 9.98. The van der Waals surface area contributed by atoms with Crippen molar-refractivity contribution in [1.29, 1.82) is 0 Å². The van der Waals surface area contributed by atoms with Crippen LogP contribution in [0.25, 0.3) is 0 Å². The molecule has 1 unspecified atom stereocenters. The molecule has 32 heavy (non-hydrogen) atoms. The quantitative estimate of drug-likeness (QED) is 0.226. The molecule has 0 saturated carbocycles. The number of methoxy groups -OCH3 is 1. The molecule has 0 heterocycles. The first-order chi connectivity index (χ1) is 14.8. The fraction of sp³-hybridized carbons (Fsp3) is 0.474. The molecule has 0 aliphatic rings. The smallest absolute Gasteiger partial charge is 0.400 e. The lowest BCUT2D eigenvalue weighted by Gasteiger charge is -2.26. The van der Waals surface area contributed by atoms with E-state index in [2.05, 4.69) is 10.1 Å². The summed E-state index contributed by atoms with van der Waals surface area (Å²) in [4.78, 5) is 23.6. The van der Waals surface area contributed by atoms with Crippen LogP contribution in [0.2, 0.25) is 5.02 Å². The SMILES string of the molecule is CCOC(=O)/C=C(/CNC(CC(C(F)(F)F)C(F)(F)F)C(=O)OC)Oc1ccccc1Cl. The van der Waals surface area contributed by atoms with Crippen LogP contribution in [0.4, 0.5) is 26.3 Å². The van der Waals surface area contributed by atoms with E-state index in [4.69, 9.17) is 21.1 Å². The first-order valence-electron chi connectivity index (χ1n) is 9.03. The summed E-state index contributed by atoms with van der Waals surface area (Å²) >= 11 is 5.96. The van der Waals surface area contributed by atoms with E-state index in [1.807, 2.05) is 0 Å². The second-order valence-corrected chi connectivity index (χ2v) is 6.63. The van der Waals surface area contributed by atoms with Crippen LogP contribution in [-0.4, -0.2) is 50.6 Å². The highest BCUT2D eigenvalue weighted by Crippen LogP contribution is 2.42. The van der Waals surface area contributed by atoms with Crippen LogP contribution in [0.3, 0.4) is 0 Å². The van der Waals surface area contributed by atoms with Crippen molar-refractivity contribution >= 4 is 23.5 Å². The summed E-state index contributed by atoms with van der Waals surface area (Å²) in [5.41, 5.74) is 0. The Kier molecular flexibility index (Phi) is 10.3. The van der Waals surface area contributed by atoms with E-state index in [0.29, 0.717) is 0 Å². The highest BCUT2D eigenvalue weighted by atomic mass is 35.5. The van der Waals surface area contributed by atoms with E-state index >= 15 is 0 Å². The van der Waals surface area contributed by atoms with E-state index in [-0.39, 0.29) is 23.1 Å². The first kappa shape index (κ1) is 27.6. The van der Waals surface area contributed by atoms with E-state index in [9.17, 15) is 35.9 Å². The van der Waals surface area contributed by atoms with Crippen LogP contribution >= 0.6 is 11.6 Å². The minimum Gasteiger partial charge on any atom is -0.468 e. The molecule has 1 rings (SSSR count). The number of hydrogen-bond donors (Lipinski definition) is 1. The van der Waals surface area contributed by atoms with Gasteiger partial charge < -0.3 is 14.2 Å². The lowest BCUT2D eigenvalue weighted by Crippen LogP contribution is -2.46. The molecule has 0 aromatic heterocycles. The van der Waals surface area contributed by atoms with Crippen LogP contribution in [0.5, 0.6) is 5.75 Å². The number of carbonyl (C=O) groups excluding carboxylic acids is 2. The van der Waals surface area contributed by atoms with Gasteiger partial charge in [-0.05, 0) is 25.5 Å². The van der Waals surface area contributed by atoms with Crippen molar-refractivity contribution in [3.05, 3.63) is 41.1 Å². The summed E-state index contributed by atoms with van der Waals surface area (Å²) in [6.07, 6.45) is -12.2. The number of alkyl halides is 6. The molecule has 0 fully saturated rings. The average molecular weight is 492 g/mol. The van der Waals surface area contributed by atoms with Crippen molar-refractivity contribution in [2.75, 3.05) is 20.3 Å². The number of esters is 2. The van der Waals surface area contributed by atoms with Crippen molar-refractivity contribution in [2.24, 2.45) is 5.92 Å². The monoisotopic (exact) mass is 491 g/mol. The number of nitrogens with one attached hydrogen (secondary N) is 1. The maximum Gasteiger partial charge on any atom is 0.400 e. The Bertz CT molecular complexity index is 798. The third-order valence-electron chi connectivity index (χ3n) is 3.91. The van der Waals surface area contributed by atoms with Gasteiger partial charge in [0.25, 0.3) is 0 Å². The maximum atomic E-state index is 12.9. The third kappa shape index (κ3) is 8.95. The molecule has 1 aromatic carbocycles. The lowest BCUT2D eigenvalue weighted by molar-refractivity contribution is -0.286. The van der Waals surface area contributed by atoms with Crippen LogP contribution in [-0.2, 0) is 19.1 Å². The Morgan fingerprint density at radius 3 is 2.22 bits per heavy atom. The number of ether oxygens (including phenoxy) is 3. The Morgan fingerprint density at radius 1 is 1.12 bits per heavy atom. The predicted molar refractivity (Wildman–Crippen MR) is 101 cm³/mol. The number of halogens is 7. The van der Waals surface area contributed by atoms with E-state index in [1.165, 1.54) is 25.1 Å². The minimum absolute atomic E-state index is 0.00817. The van der Waals surface area contributed by atoms with Crippen molar-refractivity contribution in [3.8, 4) is 5.75 Å². The van der Waals surface area contributed by atoms with Crippen LogP contribution < -0.4 is 10.1 Å². The normalized spacial score (nSPS) is 13.6. The summed E-state index contributed by atoms with van der Waals surface area (Å²) in [7, 11) is 0.808. The molecule has 180 valence electrons. The molecule has 0 amide bonds. The van der Waals surface area contributed by atoms with Gasteiger partial charge in [-0.3, -0.25) is 10.1 Å². The summed E-state index contributed by atoms with van der Waals surface area (Å²) in [5.74, 6) is -6.27. The second kappa shape index (κ2) is 12.0. The zero-order valence-electron chi connectivity index (χ0n) is 16.8. The van der Waals surface area contributed by atoms with E-state index in [1.54, 1.807) is 6.07 Å². The Balaban J connectivity index is 3.13. The Labute approximate surface area is 184 Å². The summed E-state index contributed by atoms with van der Waals surface area (Å²) in [5, 5.41) is 2.33. The molecular weight excluding hydrogens is 472 g/mol. The van der Waals surface area contributed by atoms with Gasteiger partial charge in [-0.2, -0.15) is 26.3 Å².